The van der Waals surface area contributed by atoms with E-state index in [4.69, 9.17) is 5.73 Å². The Morgan fingerprint density at radius 1 is 1.44 bits per heavy atom. The molecule has 2 fully saturated rings. The molecule has 0 aromatic rings. The van der Waals surface area contributed by atoms with Crippen LogP contribution in [0.2, 0.25) is 0 Å². The smallest absolute Gasteiger partial charge is 0.0879 e. The summed E-state index contributed by atoms with van der Waals surface area (Å²) < 4.78 is 0. The lowest BCUT2D eigenvalue weighted by molar-refractivity contribution is -0.103. The van der Waals surface area contributed by atoms with Gasteiger partial charge in [-0.2, -0.15) is 0 Å². The maximum atomic E-state index is 11.1. The Bertz CT molecular complexity index is 252. The average Bonchev–Trinajstić information content (AvgIpc) is 2.68. The van der Waals surface area contributed by atoms with E-state index < -0.39 is 5.60 Å². The van der Waals surface area contributed by atoms with Gasteiger partial charge in [0.15, 0.2) is 0 Å². The van der Waals surface area contributed by atoms with Gasteiger partial charge in [-0.15, -0.1) is 0 Å². The van der Waals surface area contributed by atoms with Crippen LogP contribution in [0, 0.1) is 5.41 Å². The minimum atomic E-state index is -0.559. The van der Waals surface area contributed by atoms with Gasteiger partial charge in [0.2, 0.25) is 0 Å². The van der Waals surface area contributed by atoms with E-state index in [1.54, 1.807) is 0 Å². The van der Waals surface area contributed by atoms with Crippen LogP contribution in [-0.2, 0) is 0 Å². The van der Waals surface area contributed by atoms with Gasteiger partial charge in [-0.1, -0.05) is 20.3 Å². The molecule has 16 heavy (non-hydrogen) atoms. The number of rotatable bonds is 3. The summed E-state index contributed by atoms with van der Waals surface area (Å²) in [6.07, 6.45) is 5.56. The minimum Gasteiger partial charge on any atom is -0.388 e. The van der Waals surface area contributed by atoms with E-state index in [2.05, 4.69) is 18.7 Å². The van der Waals surface area contributed by atoms with Crippen LogP contribution >= 0.6 is 0 Å². The molecule has 0 aromatic carbocycles. The normalized spacial score (nSPS) is 39.4. The van der Waals surface area contributed by atoms with Crippen LogP contribution in [0.3, 0.4) is 0 Å². The van der Waals surface area contributed by atoms with Gasteiger partial charge in [-0.05, 0) is 32.2 Å². The molecule has 3 unspecified atom stereocenters. The van der Waals surface area contributed by atoms with Crippen LogP contribution < -0.4 is 5.73 Å². The Morgan fingerprint density at radius 2 is 2.19 bits per heavy atom. The van der Waals surface area contributed by atoms with Crippen LogP contribution in [0.4, 0.5) is 0 Å². The quantitative estimate of drug-likeness (QED) is 0.764. The molecule has 2 rings (SSSR count). The summed E-state index contributed by atoms with van der Waals surface area (Å²) in [5.74, 6) is 0. The first kappa shape index (κ1) is 12.3. The lowest BCUT2D eigenvalue weighted by Gasteiger charge is -2.48. The Balaban J connectivity index is 2.24. The third-order valence-electron chi connectivity index (χ3n) is 5.22. The van der Waals surface area contributed by atoms with E-state index in [0.29, 0.717) is 12.6 Å². The summed E-state index contributed by atoms with van der Waals surface area (Å²) in [4.78, 5) is 2.48. The fourth-order valence-corrected chi connectivity index (χ4v) is 3.61. The molecule has 3 nitrogen and oxygen atoms in total. The van der Waals surface area contributed by atoms with Gasteiger partial charge in [0.25, 0.3) is 0 Å². The van der Waals surface area contributed by atoms with E-state index in [1.807, 2.05) is 0 Å². The zero-order valence-corrected chi connectivity index (χ0v) is 10.7. The highest BCUT2D eigenvalue weighted by molar-refractivity contribution is 5.09. The molecule has 3 N–H and O–H groups in total. The van der Waals surface area contributed by atoms with Crippen molar-refractivity contribution < 1.29 is 5.11 Å². The summed E-state index contributed by atoms with van der Waals surface area (Å²) in [6, 6.07) is 0.356. The van der Waals surface area contributed by atoms with Gasteiger partial charge in [0.1, 0.15) is 0 Å². The van der Waals surface area contributed by atoms with Crippen molar-refractivity contribution in [2.45, 2.75) is 57.6 Å². The zero-order valence-electron chi connectivity index (χ0n) is 10.7. The van der Waals surface area contributed by atoms with Crippen LogP contribution in [0.15, 0.2) is 0 Å². The van der Waals surface area contributed by atoms with Crippen molar-refractivity contribution in [2.75, 3.05) is 19.6 Å². The maximum absolute atomic E-state index is 11.1. The van der Waals surface area contributed by atoms with Crippen molar-refractivity contribution in [3.05, 3.63) is 0 Å². The lowest BCUT2D eigenvalue weighted by atomic mass is 9.66. The van der Waals surface area contributed by atoms with Crippen molar-refractivity contribution in [1.29, 1.82) is 0 Å². The minimum absolute atomic E-state index is 0.121. The number of nitrogens with two attached hydrogens (primary N) is 1. The molecule has 0 aliphatic carbocycles. The highest BCUT2D eigenvalue weighted by atomic mass is 16.3. The van der Waals surface area contributed by atoms with Crippen molar-refractivity contribution in [3.8, 4) is 0 Å². The van der Waals surface area contributed by atoms with E-state index >= 15 is 0 Å². The molecule has 2 aliphatic rings. The van der Waals surface area contributed by atoms with Crippen molar-refractivity contribution in [1.82, 2.24) is 4.90 Å². The molecule has 94 valence electrons. The predicted octanol–water partition coefficient (Wildman–Crippen LogP) is 1.35. The number of piperidine rings is 1. The second-order valence-electron chi connectivity index (χ2n) is 5.84. The summed E-state index contributed by atoms with van der Waals surface area (Å²) in [5.41, 5.74) is 5.25. The SMILES string of the molecule is CCC(C)(CN)C1(O)CCN2CCCCC21. The molecule has 2 aliphatic heterocycles. The van der Waals surface area contributed by atoms with Crippen molar-refractivity contribution in [2.24, 2.45) is 11.1 Å². The van der Waals surface area contributed by atoms with E-state index in [0.717, 1.165) is 32.4 Å². The largest absolute Gasteiger partial charge is 0.388 e. The molecule has 3 heteroatoms. The second-order valence-corrected chi connectivity index (χ2v) is 5.84. The maximum Gasteiger partial charge on any atom is 0.0879 e. The highest BCUT2D eigenvalue weighted by Crippen LogP contribution is 2.47. The van der Waals surface area contributed by atoms with Gasteiger partial charge in [0, 0.05) is 24.5 Å². The highest BCUT2D eigenvalue weighted by Gasteiger charge is 2.55. The third-order valence-corrected chi connectivity index (χ3v) is 5.22. The number of aliphatic hydroxyl groups is 1. The third kappa shape index (κ3) is 1.60. The monoisotopic (exact) mass is 226 g/mol. The van der Waals surface area contributed by atoms with Gasteiger partial charge in [0.05, 0.1) is 5.60 Å². The van der Waals surface area contributed by atoms with E-state index in [-0.39, 0.29) is 5.41 Å². The van der Waals surface area contributed by atoms with Crippen molar-refractivity contribution >= 4 is 0 Å². The first-order valence-corrected chi connectivity index (χ1v) is 6.74. The summed E-state index contributed by atoms with van der Waals surface area (Å²) in [7, 11) is 0. The molecule has 3 atom stereocenters. The summed E-state index contributed by atoms with van der Waals surface area (Å²) in [6.45, 7) is 7.11. The molecule has 0 spiro atoms. The molecule has 0 bridgehead atoms. The Morgan fingerprint density at radius 3 is 2.81 bits per heavy atom. The standard InChI is InChI=1S/C13H26N2O/c1-3-12(2,10-14)13(16)7-9-15-8-5-4-6-11(13)15/h11,16H,3-10,14H2,1-2H3. The Hall–Kier alpha value is -0.120. The summed E-state index contributed by atoms with van der Waals surface area (Å²) >= 11 is 0. The van der Waals surface area contributed by atoms with E-state index in [1.165, 1.54) is 12.8 Å². The van der Waals surface area contributed by atoms with Crippen LogP contribution in [0.1, 0.15) is 46.0 Å². The van der Waals surface area contributed by atoms with Crippen LogP contribution in [-0.4, -0.2) is 41.3 Å². The van der Waals surface area contributed by atoms with Crippen LogP contribution in [0.25, 0.3) is 0 Å². The van der Waals surface area contributed by atoms with Crippen molar-refractivity contribution in [3.63, 3.8) is 0 Å². The fourth-order valence-electron chi connectivity index (χ4n) is 3.61. The van der Waals surface area contributed by atoms with Gasteiger partial charge < -0.3 is 10.8 Å². The first-order valence-electron chi connectivity index (χ1n) is 6.74. The van der Waals surface area contributed by atoms with Crippen LogP contribution in [0.5, 0.6) is 0 Å². The van der Waals surface area contributed by atoms with Gasteiger partial charge >= 0.3 is 0 Å². The number of hydrogen-bond donors (Lipinski definition) is 2. The summed E-state index contributed by atoms with van der Waals surface area (Å²) in [5, 5.41) is 11.1. The molecule has 2 saturated heterocycles. The fraction of sp³-hybridized carbons (Fsp3) is 1.00. The molecule has 2 heterocycles. The lowest BCUT2D eigenvalue weighted by Crippen LogP contribution is -2.58. The van der Waals surface area contributed by atoms with Gasteiger partial charge in [-0.25, -0.2) is 0 Å². The molecule has 0 radical (unpaired) electrons. The molecular weight excluding hydrogens is 200 g/mol. The molecule has 0 aromatic heterocycles. The average molecular weight is 226 g/mol. The van der Waals surface area contributed by atoms with Gasteiger partial charge in [-0.3, -0.25) is 4.90 Å². The topological polar surface area (TPSA) is 49.5 Å². The number of nitrogens with zero attached hydrogens (tertiary/aromatic N) is 1. The number of hydrogen-bond acceptors (Lipinski definition) is 3. The Kier molecular flexibility index (Phi) is 3.30. The zero-order chi connectivity index (χ0) is 11.8. The Labute approximate surface area is 99.0 Å². The van der Waals surface area contributed by atoms with E-state index in [9.17, 15) is 5.11 Å². The predicted molar refractivity (Wildman–Crippen MR) is 66.2 cm³/mol. The first-order chi connectivity index (χ1) is 7.57. The molecule has 0 amide bonds. The molecule has 0 saturated carbocycles. The molecular formula is C13H26N2O. The second kappa shape index (κ2) is 4.28. The number of fused-ring (bicyclic) bond motifs is 1.